The van der Waals surface area contributed by atoms with Gasteiger partial charge in [0.15, 0.2) is 5.79 Å². The van der Waals surface area contributed by atoms with Crippen LogP contribution in [0.4, 0.5) is 0 Å². The molecule has 0 unspecified atom stereocenters. The van der Waals surface area contributed by atoms with Crippen molar-refractivity contribution in [1.29, 1.82) is 0 Å². The smallest absolute Gasteiger partial charge is 0.176 e. The average molecular weight is 268 g/mol. The molecule has 0 aromatic carbocycles. The van der Waals surface area contributed by atoms with E-state index in [0.717, 1.165) is 19.6 Å². The van der Waals surface area contributed by atoms with Crippen LogP contribution in [0.25, 0.3) is 0 Å². The Hall–Kier alpha value is -0.120. The Morgan fingerprint density at radius 2 is 1.74 bits per heavy atom. The molecule has 1 aliphatic carbocycles. The molecule has 1 saturated carbocycles. The number of hydrogen-bond acceptors (Lipinski definition) is 3. The van der Waals surface area contributed by atoms with E-state index in [1.165, 1.54) is 25.7 Å². The molecule has 0 aromatic heterocycles. The van der Waals surface area contributed by atoms with Gasteiger partial charge in [0.1, 0.15) is 0 Å². The summed E-state index contributed by atoms with van der Waals surface area (Å²) < 4.78 is 18.6. The molecule has 110 valence electrons. The summed E-state index contributed by atoms with van der Waals surface area (Å²) in [5, 5.41) is 0. The molecule has 3 nitrogen and oxygen atoms in total. The minimum absolute atomic E-state index is 0.0769. The highest BCUT2D eigenvalue weighted by Crippen LogP contribution is 2.60. The lowest BCUT2D eigenvalue weighted by Crippen LogP contribution is -2.64. The van der Waals surface area contributed by atoms with Crippen molar-refractivity contribution < 1.29 is 14.2 Å². The van der Waals surface area contributed by atoms with Gasteiger partial charge in [-0.05, 0) is 38.0 Å². The first-order chi connectivity index (χ1) is 8.96. The van der Waals surface area contributed by atoms with Gasteiger partial charge in [-0.2, -0.15) is 0 Å². The molecule has 19 heavy (non-hydrogen) atoms. The summed E-state index contributed by atoms with van der Waals surface area (Å²) in [6, 6.07) is 0. The van der Waals surface area contributed by atoms with Crippen LogP contribution in [0.1, 0.15) is 59.8 Å². The zero-order valence-corrected chi connectivity index (χ0v) is 12.8. The second kappa shape index (κ2) is 4.44. The summed E-state index contributed by atoms with van der Waals surface area (Å²) in [7, 11) is 0. The van der Waals surface area contributed by atoms with Crippen LogP contribution < -0.4 is 0 Å². The predicted molar refractivity (Wildman–Crippen MR) is 73.9 cm³/mol. The van der Waals surface area contributed by atoms with Gasteiger partial charge in [0.2, 0.25) is 0 Å². The summed E-state index contributed by atoms with van der Waals surface area (Å²) in [4.78, 5) is 0. The van der Waals surface area contributed by atoms with E-state index in [1.54, 1.807) is 0 Å². The van der Waals surface area contributed by atoms with Gasteiger partial charge < -0.3 is 14.2 Å². The number of fused-ring (bicyclic) bond motifs is 1. The Morgan fingerprint density at radius 1 is 1.05 bits per heavy atom. The SMILES string of the molecule is CC[C@@]12CC[C@H](C)O[C@H]1C(C)(C)C1(CC2)OCCO1. The van der Waals surface area contributed by atoms with Crippen molar-refractivity contribution in [2.45, 2.75) is 77.8 Å². The lowest BCUT2D eigenvalue weighted by Gasteiger charge is -2.61. The van der Waals surface area contributed by atoms with Crippen LogP contribution in [-0.4, -0.2) is 31.2 Å². The van der Waals surface area contributed by atoms with Crippen molar-refractivity contribution >= 4 is 0 Å². The molecule has 2 saturated heterocycles. The fraction of sp³-hybridized carbons (Fsp3) is 1.00. The van der Waals surface area contributed by atoms with Gasteiger partial charge in [0.05, 0.1) is 25.4 Å². The highest BCUT2D eigenvalue weighted by Gasteiger charge is 2.64. The molecular formula is C16H28O3. The third-order valence-electron chi connectivity index (χ3n) is 6.02. The Kier molecular flexibility index (Phi) is 3.23. The first-order valence-electron chi connectivity index (χ1n) is 7.89. The van der Waals surface area contributed by atoms with Gasteiger partial charge in [-0.1, -0.05) is 20.8 Å². The maximum absolute atomic E-state index is 6.43. The van der Waals surface area contributed by atoms with E-state index in [0.29, 0.717) is 11.5 Å². The molecule has 0 N–H and O–H groups in total. The van der Waals surface area contributed by atoms with Crippen LogP contribution in [0, 0.1) is 10.8 Å². The zero-order valence-electron chi connectivity index (χ0n) is 12.8. The van der Waals surface area contributed by atoms with Crippen molar-refractivity contribution in [3.8, 4) is 0 Å². The normalized spacial score (nSPS) is 44.2. The minimum Gasteiger partial charge on any atom is -0.374 e. The first-order valence-corrected chi connectivity index (χ1v) is 7.89. The molecule has 3 atom stereocenters. The molecule has 3 heteroatoms. The molecule has 2 aliphatic heterocycles. The number of ether oxygens (including phenoxy) is 3. The van der Waals surface area contributed by atoms with Crippen molar-refractivity contribution in [1.82, 2.24) is 0 Å². The molecule has 0 radical (unpaired) electrons. The topological polar surface area (TPSA) is 27.7 Å². The maximum atomic E-state index is 6.43. The molecule has 0 amide bonds. The van der Waals surface area contributed by atoms with Crippen LogP contribution in [0.5, 0.6) is 0 Å². The Balaban J connectivity index is 1.96. The largest absolute Gasteiger partial charge is 0.374 e. The van der Waals surface area contributed by atoms with E-state index in [9.17, 15) is 0 Å². The van der Waals surface area contributed by atoms with Crippen molar-refractivity contribution in [2.75, 3.05) is 13.2 Å². The molecule has 1 spiro atoms. The van der Waals surface area contributed by atoms with E-state index < -0.39 is 5.79 Å². The van der Waals surface area contributed by atoms with Crippen LogP contribution in [0.3, 0.4) is 0 Å². The monoisotopic (exact) mass is 268 g/mol. The molecular weight excluding hydrogens is 240 g/mol. The second-order valence-electron chi connectivity index (χ2n) is 7.25. The molecule has 2 heterocycles. The zero-order chi connectivity index (χ0) is 13.7. The third kappa shape index (κ3) is 1.81. The van der Waals surface area contributed by atoms with Crippen LogP contribution in [0.15, 0.2) is 0 Å². The van der Waals surface area contributed by atoms with Crippen LogP contribution in [-0.2, 0) is 14.2 Å². The standard InChI is InChI=1S/C16H28O3/c1-5-15-7-6-12(2)19-13(15)14(3,4)16(9-8-15)17-10-11-18-16/h12-13H,5-11H2,1-4H3/t12-,13-,15-/m0/s1. The molecule has 3 rings (SSSR count). The summed E-state index contributed by atoms with van der Waals surface area (Å²) in [6.45, 7) is 10.5. The maximum Gasteiger partial charge on any atom is 0.176 e. The Labute approximate surface area is 117 Å². The van der Waals surface area contributed by atoms with E-state index in [4.69, 9.17) is 14.2 Å². The Morgan fingerprint density at radius 3 is 2.37 bits per heavy atom. The Bertz CT molecular complexity index is 346. The minimum atomic E-state index is -0.409. The average Bonchev–Trinajstić information content (AvgIpc) is 2.87. The number of rotatable bonds is 1. The molecule has 0 bridgehead atoms. The quantitative estimate of drug-likeness (QED) is 0.728. The highest BCUT2D eigenvalue weighted by molar-refractivity contribution is 5.09. The van der Waals surface area contributed by atoms with Gasteiger partial charge in [-0.25, -0.2) is 0 Å². The lowest BCUT2D eigenvalue weighted by molar-refractivity contribution is -0.323. The van der Waals surface area contributed by atoms with Crippen molar-refractivity contribution in [3.05, 3.63) is 0 Å². The van der Waals surface area contributed by atoms with Crippen LogP contribution in [0.2, 0.25) is 0 Å². The van der Waals surface area contributed by atoms with Crippen molar-refractivity contribution in [2.24, 2.45) is 10.8 Å². The van der Waals surface area contributed by atoms with E-state index in [1.807, 2.05) is 0 Å². The summed E-state index contributed by atoms with van der Waals surface area (Å²) in [6.07, 6.45) is 6.47. The fourth-order valence-electron chi connectivity index (χ4n) is 4.70. The van der Waals surface area contributed by atoms with Gasteiger partial charge in [0.25, 0.3) is 0 Å². The summed E-state index contributed by atoms with van der Waals surface area (Å²) in [5.41, 5.74) is 0.253. The van der Waals surface area contributed by atoms with E-state index in [-0.39, 0.29) is 11.5 Å². The summed E-state index contributed by atoms with van der Waals surface area (Å²) >= 11 is 0. The molecule has 3 fully saturated rings. The van der Waals surface area contributed by atoms with Crippen LogP contribution >= 0.6 is 0 Å². The van der Waals surface area contributed by atoms with E-state index in [2.05, 4.69) is 27.7 Å². The lowest BCUT2D eigenvalue weighted by atomic mass is 9.54. The fourth-order valence-corrected chi connectivity index (χ4v) is 4.70. The number of hydrogen-bond donors (Lipinski definition) is 0. The predicted octanol–water partition coefficient (Wildman–Crippen LogP) is 3.51. The summed E-state index contributed by atoms with van der Waals surface area (Å²) in [5.74, 6) is -0.409. The van der Waals surface area contributed by atoms with Gasteiger partial charge in [-0.3, -0.25) is 0 Å². The van der Waals surface area contributed by atoms with Gasteiger partial charge in [0, 0.05) is 11.8 Å². The third-order valence-corrected chi connectivity index (χ3v) is 6.02. The molecule has 0 aromatic rings. The molecule has 3 aliphatic rings. The van der Waals surface area contributed by atoms with E-state index >= 15 is 0 Å². The highest BCUT2D eigenvalue weighted by atomic mass is 16.7. The van der Waals surface area contributed by atoms with Gasteiger partial charge in [-0.15, -0.1) is 0 Å². The second-order valence-corrected chi connectivity index (χ2v) is 7.25. The van der Waals surface area contributed by atoms with Gasteiger partial charge >= 0.3 is 0 Å². The first kappa shape index (κ1) is 13.8. The van der Waals surface area contributed by atoms with Crippen molar-refractivity contribution in [3.63, 3.8) is 0 Å².